The molecular weight excluding hydrogens is 370 g/mol. The van der Waals surface area contributed by atoms with E-state index in [9.17, 15) is 23.2 Å². The van der Waals surface area contributed by atoms with Crippen molar-refractivity contribution in [1.82, 2.24) is 0 Å². The topological polar surface area (TPSA) is 75.7 Å². The predicted octanol–water partition coefficient (Wildman–Crippen LogP) is 3.13. The summed E-state index contributed by atoms with van der Waals surface area (Å²) in [5.74, 6) is -3.91. The Bertz CT molecular complexity index is 895. The van der Waals surface area contributed by atoms with E-state index >= 15 is 0 Å². The van der Waals surface area contributed by atoms with Crippen molar-refractivity contribution < 1.29 is 27.9 Å². The van der Waals surface area contributed by atoms with E-state index in [4.69, 9.17) is 4.74 Å². The molecule has 0 aliphatic carbocycles. The lowest BCUT2D eigenvalue weighted by Gasteiger charge is -2.18. The number of benzene rings is 2. The Morgan fingerprint density at radius 3 is 2.39 bits per heavy atom. The largest absolute Gasteiger partial charge is 0.462 e. The molecule has 0 spiro atoms. The van der Waals surface area contributed by atoms with Crippen LogP contribution in [0.1, 0.15) is 23.7 Å². The third-order valence-electron chi connectivity index (χ3n) is 4.37. The molecule has 1 aliphatic rings. The highest BCUT2D eigenvalue weighted by Crippen LogP contribution is 2.30. The lowest BCUT2D eigenvalue weighted by Crippen LogP contribution is -2.29. The Morgan fingerprint density at radius 2 is 1.79 bits per heavy atom. The van der Waals surface area contributed by atoms with Crippen LogP contribution in [0.25, 0.3) is 0 Å². The molecule has 28 heavy (non-hydrogen) atoms. The highest BCUT2D eigenvalue weighted by molar-refractivity contribution is 6.03. The van der Waals surface area contributed by atoms with Crippen LogP contribution in [0.5, 0.6) is 0 Å². The van der Waals surface area contributed by atoms with Crippen LogP contribution in [0.15, 0.2) is 42.5 Å². The van der Waals surface area contributed by atoms with E-state index in [1.807, 2.05) is 0 Å². The molecule has 3 rings (SSSR count). The lowest BCUT2D eigenvalue weighted by molar-refractivity contribution is -0.122. The van der Waals surface area contributed by atoms with Gasteiger partial charge in [0.2, 0.25) is 11.8 Å². The number of esters is 1. The molecule has 0 saturated carbocycles. The molecule has 1 saturated heterocycles. The van der Waals surface area contributed by atoms with Crippen molar-refractivity contribution in [2.24, 2.45) is 5.92 Å². The van der Waals surface area contributed by atoms with Gasteiger partial charge in [-0.1, -0.05) is 6.07 Å². The van der Waals surface area contributed by atoms with Crippen molar-refractivity contribution in [2.75, 3.05) is 23.4 Å². The van der Waals surface area contributed by atoms with Crippen molar-refractivity contribution in [2.45, 2.75) is 13.3 Å². The summed E-state index contributed by atoms with van der Waals surface area (Å²) >= 11 is 0. The van der Waals surface area contributed by atoms with Crippen LogP contribution in [0.2, 0.25) is 0 Å². The number of nitrogens with one attached hydrogen (secondary N) is 1. The zero-order valence-corrected chi connectivity index (χ0v) is 15.1. The zero-order chi connectivity index (χ0) is 20.3. The van der Waals surface area contributed by atoms with Gasteiger partial charge in [0, 0.05) is 18.7 Å². The Morgan fingerprint density at radius 1 is 1.14 bits per heavy atom. The Kier molecular flexibility index (Phi) is 5.67. The number of halogens is 2. The highest BCUT2D eigenvalue weighted by Gasteiger charge is 2.37. The molecule has 146 valence electrons. The van der Waals surface area contributed by atoms with Crippen LogP contribution < -0.4 is 10.2 Å². The Hall–Kier alpha value is -3.29. The zero-order valence-electron chi connectivity index (χ0n) is 15.1. The summed E-state index contributed by atoms with van der Waals surface area (Å²) in [5.41, 5.74) is 0.333. The van der Waals surface area contributed by atoms with Crippen molar-refractivity contribution in [3.05, 3.63) is 59.7 Å². The standard InChI is InChI=1S/C20H18F2N2O4/c1-2-28-20(27)12-6-8-14(9-7-12)23-19(26)13-10-17(25)24(11-13)18-15(21)4-3-5-16(18)22/h3-9,13H,2,10-11H2,1H3,(H,23,26). The first-order valence-corrected chi connectivity index (χ1v) is 8.73. The average molecular weight is 388 g/mol. The van der Waals surface area contributed by atoms with Gasteiger partial charge in [0.15, 0.2) is 0 Å². The van der Waals surface area contributed by atoms with Crippen LogP contribution in [0.4, 0.5) is 20.2 Å². The fourth-order valence-electron chi connectivity index (χ4n) is 2.99. The lowest BCUT2D eigenvalue weighted by atomic mass is 10.1. The summed E-state index contributed by atoms with van der Waals surface area (Å²) in [6.45, 7) is 1.83. The van der Waals surface area contributed by atoms with Gasteiger partial charge >= 0.3 is 5.97 Å². The second-order valence-electron chi connectivity index (χ2n) is 6.26. The first-order valence-electron chi connectivity index (χ1n) is 8.73. The molecule has 1 aliphatic heterocycles. The SMILES string of the molecule is CCOC(=O)c1ccc(NC(=O)C2CC(=O)N(c3c(F)cccc3F)C2)cc1. The van der Waals surface area contributed by atoms with Gasteiger partial charge in [-0.2, -0.15) is 0 Å². The summed E-state index contributed by atoms with van der Waals surface area (Å²) in [4.78, 5) is 37.2. The maximum Gasteiger partial charge on any atom is 0.338 e. The summed E-state index contributed by atoms with van der Waals surface area (Å²) in [7, 11) is 0. The molecule has 1 fully saturated rings. The van der Waals surface area contributed by atoms with E-state index in [0.29, 0.717) is 11.3 Å². The number of ether oxygens (including phenoxy) is 1. The second-order valence-corrected chi connectivity index (χ2v) is 6.26. The van der Waals surface area contributed by atoms with Crippen LogP contribution in [-0.4, -0.2) is 30.9 Å². The van der Waals surface area contributed by atoms with Crippen LogP contribution in [-0.2, 0) is 14.3 Å². The van der Waals surface area contributed by atoms with Crippen LogP contribution in [0.3, 0.4) is 0 Å². The average Bonchev–Trinajstić information content (AvgIpc) is 3.04. The number of amides is 2. The molecule has 6 nitrogen and oxygen atoms in total. The van der Waals surface area contributed by atoms with E-state index in [0.717, 1.165) is 17.0 Å². The van der Waals surface area contributed by atoms with Crippen LogP contribution >= 0.6 is 0 Å². The van der Waals surface area contributed by atoms with E-state index in [2.05, 4.69) is 5.32 Å². The maximum atomic E-state index is 13.9. The number of rotatable bonds is 5. The molecular formula is C20H18F2N2O4. The van der Waals surface area contributed by atoms with Crippen molar-refractivity contribution >= 4 is 29.2 Å². The molecule has 1 unspecified atom stereocenters. The summed E-state index contributed by atoms with van der Waals surface area (Å²) < 4.78 is 32.8. The van der Waals surface area contributed by atoms with Gasteiger partial charge in [-0.15, -0.1) is 0 Å². The van der Waals surface area contributed by atoms with Crippen molar-refractivity contribution in [3.8, 4) is 0 Å². The van der Waals surface area contributed by atoms with Gasteiger partial charge in [-0.05, 0) is 43.3 Å². The molecule has 1 N–H and O–H groups in total. The molecule has 2 amide bonds. The fourth-order valence-corrected chi connectivity index (χ4v) is 2.99. The van der Waals surface area contributed by atoms with Gasteiger partial charge < -0.3 is 15.0 Å². The molecule has 0 radical (unpaired) electrons. The van der Waals surface area contributed by atoms with Crippen molar-refractivity contribution in [1.29, 1.82) is 0 Å². The van der Waals surface area contributed by atoms with Gasteiger partial charge in [0.1, 0.15) is 17.3 Å². The summed E-state index contributed by atoms with van der Waals surface area (Å²) in [6.07, 6.45) is -0.152. The smallest absolute Gasteiger partial charge is 0.338 e. The molecule has 0 bridgehead atoms. The normalized spacial score (nSPS) is 16.2. The Balaban J connectivity index is 1.67. The fraction of sp³-hybridized carbons (Fsp3) is 0.250. The third kappa shape index (κ3) is 4.00. The number of anilines is 2. The van der Waals surface area contributed by atoms with E-state index in [1.54, 1.807) is 6.92 Å². The van der Waals surface area contributed by atoms with Gasteiger partial charge in [-0.3, -0.25) is 9.59 Å². The number of nitrogens with zero attached hydrogens (tertiary/aromatic N) is 1. The predicted molar refractivity (Wildman–Crippen MR) is 97.8 cm³/mol. The minimum atomic E-state index is -0.857. The van der Waals surface area contributed by atoms with Gasteiger partial charge in [0.05, 0.1) is 18.1 Å². The van der Waals surface area contributed by atoms with E-state index in [1.165, 1.54) is 30.3 Å². The molecule has 0 aromatic heterocycles. The van der Waals surface area contributed by atoms with E-state index in [-0.39, 0.29) is 19.6 Å². The number of hydrogen-bond donors (Lipinski definition) is 1. The minimum absolute atomic E-state index is 0.122. The number of hydrogen-bond acceptors (Lipinski definition) is 4. The second kappa shape index (κ2) is 8.16. The molecule has 1 atom stereocenters. The monoisotopic (exact) mass is 388 g/mol. The quantitative estimate of drug-likeness (QED) is 0.799. The van der Waals surface area contributed by atoms with Crippen LogP contribution in [0, 0.1) is 17.6 Å². The third-order valence-corrected chi connectivity index (χ3v) is 4.37. The van der Waals surface area contributed by atoms with Gasteiger partial charge in [-0.25, -0.2) is 13.6 Å². The first-order chi connectivity index (χ1) is 13.4. The highest BCUT2D eigenvalue weighted by atomic mass is 19.1. The molecule has 2 aromatic rings. The van der Waals surface area contributed by atoms with Crippen molar-refractivity contribution in [3.63, 3.8) is 0 Å². The maximum absolute atomic E-state index is 13.9. The van der Waals surface area contributed by atoms with Gasteiger partial charge in [0.25, 0.3) is 0 Å². The number of carbonyl (C=O) groups is 3. The molecule has 1 heterocycles. The summed E-state index contributed by atoms with van der Waals surface area (Å²) in [6, 6.07) is 9.42. The Labute approximate surface area is 160 Å². The number of para-hydroxylation sites is 1. The van der Waals surface area contributed by atoms with E-state index < -0.39 is 41.0 Å². The summed E-state index contributed by atoms with van der Waals surface area (Å²) in [5, 5.41) is 2.65. The molecule has 8 heteroatoms. The minimum Gasteiger partial charge on any atom is -0.462 e. The first kappa shape index (κ1) is 19.5. The number of carbonyl (C=O) groups excluding carboxylic acids is 3. The molecule has 2 aromatic carbocycles.